The van der Waals surface area contributed by atoms with Crippen molar-refractivity contribution in [1.82, 2.24) is 24.5 Å². The maximum Gasteiger partial charge on any atom is 0.251 e. The van der Waals surface area contributed by atoms with Crippen LogP contribution in [0.3, 0.4) is 0 Å². The van der Waals surface area contributed by atoms with E-state index in [0.29, 0.717) is 37.8 Å². The molecule has 0 spiro atoms. The van der Waals surface area contributed by atoms with E-state index in [-0.39, 0.29) is 17.8 Å². The highest BCUT2D eigenvalue weighted by Gasteiger charge is 2.33. The van der Waals surface area contributed by atoms with Crippen LogP contribution in [0, 0.1) is 6.92 Å². The lowest BCUT2D eigenvalue weighted by Crippen LogP contribution is -2.50. The van der Waals surface area contributed by atoms with Crippen molar-refractivity contribution in [3.8, 4) is 11.5 Å². The molecule has 4 rings (SSSR count). The summed E-state index contributed by atoms with van der Waals surface area (Å²) in [6, 6.07) is 3.19. The summed E-state index contributed by atoms with van der Waals surface area (Å²) in [5.74, 6) is 1.03. The zero-order valence-corrected chi connectivity index (χ0v) is 23.0. The molecule has 0 unspecified atom stereocenters. The summed E-state index contributed by atoms with van der Waals surface area (Å²) < 4.78 is 40.6. The Balaban J connectivity index is 1.53. The Labute approximate surface area is 207 Å². The van der Waals surface area contributed by atoms with Crippen LogP contribution in [0.5, 0.6) is 0 Å². The van der Waals surface area contributed by atoms with Gasteiger partial charge in [0, 0.05) is 51.5 Å². The number of fused-ring (bicyclic) bond motifs is 1. The summed E-state index contributed by atoms with van der Waals surface area (Å²) in [5, 5.41) is 12.7. The first-order valence-electron chi connectivity index (χ1n) is 12.2. The fraction of sp³-hybridized carbons (Fsp3) is 0.609. The molecule has 2 N–H and O–H groups in total. The maximum absolute atomic E-state index is 12.1. The number of anilines is 1. The molecule has 10 nitrogen and oxygen atoms in total. The predicted octanol–water partition coefficient (Wildman–Crippen LogP) is 3.98. The lowest BCUT2D eigenvalue weighted by Gasteiger charge is -2.37. The lowest BCUT2D eigenvalue weighted by atomic mass is 9.87. The van der Waals surface area contributed by atoms with E-state index in [1.165, 1.54) is 0 Å². The van der Waals surface area contributed by atoms with E-state index < -0.39 is 18.1 Å². The second kappa shape index (κ2) is 10.4. The number of sulfonamides is 1. The van der Waals surface area contributed by atoms with Crippen molar-refractivity contribution in [2.45, 2.75) is 77.6 Å². The lowest BCUT2D eigenvalue weighted by molar-refractivity contribution is 0.0899. The summed E-state index contributed by atoms with van der Waals surface area (Å²) >= 11 is 0. The highest BCUT2D eigenvalue weighted by Crippen LogP contribution is 2.36. The number of hydrogen-bond acceptors (Lipinski definition) is 8. The minimum absolute atomic E-state index is 0.0557. The number of pyridine rings is 1. The van der Waals surface area contributed by atoms with E-state index >= 15 is 0 Å². The van der Waals surface area contributed by atoms with Crippen molar-refractivity contribution in [1.29, 1.82) is 0 Å². The molecule has 3 aromatic rings. The topological polar surface area (TPSA) is 124 Å². The van der Waals surface area contributed by atoms with Gasteiger partial charge in [-0.15, -0.1) is 10.2 Å². The minimum Gasteiger partial charge on any atom is -0.421 e. The van der Waals surface area contributed by atoms with Crippen LogP contribution in [0.25, 0.3) is 22.5 Å². The Morgan fingerprint density at radius 3 is 2.66 bits per heavy atom. The molecule has 1 fully saturated rings. The van der Waals surface area contributed by atoms with Gasteiger partial charge in [0.05, 0.1) is 17.0 Å². The number of nitrogens with one attached hydrogen (secondary N) is 2. The molecule has 35 heavy (non-hydrogen) atoms. The van der Waals surface area contributed by atoms with Gasteiger partial charge in [-0.3, -0.25) is 0 Å². The molecule has 1 aliphatic rings. The normalized spacial score (nSPS) is 18.7. The molecule has 1 aliphatic carbocycles. The molecule has 3 aromatic heterocycles. The monoisotopic (exact) mass is 520 g/mol. The molecular weight excluding hydrogens is 484 g/mol. The van der Waals surface area contributed by atoms with Crippen molar-refractivity contribution in [2.75, 3.05) is 17.7 Å². The number of rotatable bonds is 12. The van der Waals surface area contributed by atoms with Gasteiger partial charge in [-0.05, 0) is 31.4 Å². The van der Waals surface area contributed by atoms with Crippen LogP contribution in [-0.4, -0.2) is 60.7 Å². The third-order valence-electron chi connectivity index (χ3n) is 6.08. The Morgan fingerprint density at radius 1 is 1.23 bits per heavy atom. The van der Waals surface area contributed by atoms with Crippen LogP contribution >= 0.6 is 0 Å². The number of nitrogens with zero attached hydrogens (tertiary/aromatic N) is 4. The van der Waals surface area contributed by atoms with Gasteiger partial charge in [-0.25, -0.2) is 18.1 Å². The fourth-order valence-electron chi connectivity index (χ4n) is 4.12. The van der Waals surface area contributed by atoms with Gasteiger partial charge in [-0.2, -0.15) is 0 Å². The molecule has 0 atom stereocenters. The number of ether oxygens (including phenoxy) is 1. The third kappa shape index (κ3) is 6.49. The fourth-order valence-corrected chi connectivity index (χ4v) is 6.24. The molecular formula is C23H36N6O4SSi. The first-order chi connectivity index (χ1) is 16.5. The molecule has 0 aliphatic heterocycles. The number of aryl methyl sites for hydroxylation is 1. The molecule has 0 amide bonds. The Morgan fingerprint density at radius 2 is 2.00 bits per heavy atom. The molecule has 1 saturated carbocycles. The second-order valence-corrected chi connectivity index (χ2v) is 18.0. The van der Waals surface area contributed by atoms with Crippen molar-refractivity contribution in [2.24, 2.45) is 0 Å². The molecule has 0 radical (unpaired) electrons. The zero-order valence-electron chi connectivity index (χ0n) is 21.2. The second-order valence-electron chi connectivity index (χ2n) is 10.5. The summed E-state index contributed by atoms with van der Waals surface area (Å²) in [5.41, 5.74) is 2.39. The molecule has 0 saturated heterocycles. The Hall–Kier alpha value is -2.28. The molecule has 0 aromatic carbocycles. The Kier molecular flexibility index (Phi) is 7.64. The molecule has 12 heteroatoms. The maximum atomic E-state index is 12.1. The van der Waals surface area contributed by atoms with Crippen molar-refractivity contribution >= 4 is 34.8 Å². The summed E-state index contributed by atoms with van der Waals surface area (Å²) in [7, 11) is -4.38. The highest BCUT2D eigenvalue weighted by atomic mass is 32.2. The van der Waals surface area contributed by atoms with E-state index in [2.05, 4.69) is 44.9 Å². The van der Waals surface area contributed by atoms with Crippen LogP contribution in [0.15, 0.2) is 22.9 Å². The summed E-state index contributed by atoms with van der Waals surface area (Å²) in [4.78, 5) is 4.68. The van der Waals surface area contributed by atoms with Crippen molar-refractivity contribution in [3.63, 3.8) is 0 Å². The average molecular weight is 521 g/mol. The standard InChI is InChI=1S/C23H36N6O4SSi/c1-6-10-34(30,31)28-18-12-17(13-18)25-21-19-7-8-29(15-32-9-11-35(3,4)5)22(19)24-14-20(21)23-27-26-16(2)33-23/h7-8,14,17-18,28H,6,9-13,15H2,1-5H3,(H,24,25). The molecule has 3 heterocycles. The van der Waals surface area contributed by atoms with Gasteiger partial charge >= 0.3 is 0 Å². The van der Waals surface area contributed by atoms with Gasteiger partial charge in [0.15, 0.2) is 0 Å². The van der Waals surface area contributed by atoms with Crippen molar-refractivity contribution in [3.05, 3.63) is 24.4 Å². The number of aromatic nitrogens is 4. The van der Waals surface area contributed by atoms with Crippen LogP contribution in [-0.2, 0) is 21.5 Å². The smallest absolute Gasteiger partial charge is 0.251 e. The minimum atomic E-state index is -3.22. The van der Waals surface area contributed by atoms with Gasteiger partial charge in [0.2, 0.25) is 15.9 Å². The van der Waals surface area contributed by atoms with E-state index in [4.69, 9.17) is 9.15 Å². The van der Waals surface area contributed by atoms with Gasteiger partial charge in [0.1, 0.15) is 12.4 Å². The zero-order chi connectivity index (χ0) is 25.2. The highest BCUT2D eigenvalue weighted by molar-refractivity contribution is 7.89. The molecule has 0 bridgehead atoms. The van der Waals surface area contributed by atoms with Crippen molar-refractivity contribution < 1.29 is 17.6 Å². The predicted molar refractivity (Wildman–Crippen MR) is 140 cm³/mol. The van der Waals surface area contributed by atoms with E-state index in [1.807, 2.05) is 23.8 Å². The summed E-state index contributed by atoms with van der Waals surface area (Å²) in [6.07, 6.45) is 5.73. The van der Waals surface area contributed by atoms with Gasteiger partial charge in [-0.1, -0.05) is 26.6 Å². The summed E-state index contributed by atoms with van der Waals surface area (Å²) in [6.45, 7) is 11.8. The van der Waals surface area contributed by atoms with Crippen LogP contribution < -0.4 is 10.0 Å². The first kappa shape index (κ1) is 25.8. The van der Waals surface area contributed by atoms with Crippen LogP contribution in [0.4, 0.5) is 5.69 Å². The quantitative estimate of drug-likeness (QED) is 0.271. The van der Waals surface area contributed by atoms with E-state index in [9.17, 15) is 8.42 Å². The third-order valence-corrected chi connectivity index (χ3v) is 9.42. The first-order valence-corrected chi connectivity index (χ1v) is 17.5. The molecule has 192 valence electrons. The van der Waals surface area contributed by atoms with E-state index in [1.54, 1.807) is 13.1 Å². The van der Waals surface area contributed by atoms with E-state index in [0.717, 1.165) is 34.9 Å². The van der Waals surface area contributed by atoms with Crippen LogP contribution in [0.2, 0.25) is 25.7 Å². The average Bonchev–Trinajstić information content (AvgIpc) is 3.35. The number of hydrogen-bond donors (Lipinski definition) is 2. The Bertz CT molecular complexity index is 1260. The SMILES string of the molecule is CCCS(=O)(=O)NC1CC(Nc2c(-c3nnc(C)o3)cnc3c2ccn3COCC[Si](C)(C)C)C1. The van der Waals surface area contributed by atoms with Crippen LogP contribution in [0.1, 0.15) is 32.1 Å². The van der Waals surface area contributed by atoms with Gasteiger partial charge < -0.3 is 19.0 Å². The largest absolute Gasteiger partial charge is 0.421 e. The van der Waals surface area contributed by atoms with Gasteiger partial charge in [0.25, 0.3) is 5.89 Å².